The van der Waals surface area contributed by atoms with E-state index in [0.717, 1.165) is 10.0 Å². The predicted molar refractivity (Wildman–Crippen MR) is 171 cm³/mol. The molecule has 232 valence electrons. The van der Waals surface area contributed by atoms with Gasteiger partial charge in [-0.25, -0.2) is 8.42 Å². The molecule has 2 aromatic carbocycles. The van der Waals surface area contributed by atoms with Crippen molar-refractivity contribution in [2.24, 2.45) is 5.92 Å². The SMILES string of the molecule is CC(C)CN([C@H](CO)CCCCNC(=O)[C@@H](Cc1ccccc1Br)NC(=O)c1cccnc1)S(=O)(=O)c1ccc(N)cc1. The van der Waals surface area contributed by atoms with Gasteiger partial charge in [0.05, 0.1) is 17.1 Å². The summed E-state index contributed by atoms with van der Waals surface area (Å²) in [5, 5.41) is 15.9. The van der Waals surface area contributed by atoms with Crippen LogP contribution in [-0.2, 0) is 21.2 Å². The second kappa shape index (κ2) is 16.5. The molecule has 5 N–H and O–H groups in total. The third-order valence-electron chi connectivity index (χ3n) is 6.84. The van der Waals surface area contributed by atoms with Crippen molar-refractivity contribution in [3.63, 3.8) is 0 Å². The maximum atomic E-state index is 13.5. The van der Waals surface area contributed by atoms with Gasteiger partial charge < -0.3 is 21.5 Å². The molecule has 43 heavy (non-hydrogen) atoms. The monoisotopic (exact) mass is 673 g/mol. The standard InChI is InChI=1S/C31H40BrN5O5S/c1-22(2)20-37(43(41,42)27-14-12-25(33)13-15-27)26(21-38)10-5-6-17-35-31(40)29(18-23-8-3-4-11-28(23)32)36-30(39)24-9-7-16-34-19-24/h3-4,7-9,11-16,19,22,26,29,38H,5-6,10,17-18,20-21,33H2,1-2H3,(H,35,40)(H,36,39)/t26-,29+/m0/s1. The van der Waals surface area contributed by atoms with Crippen molar-refractivity contribution in [2.45, 2.75) is 56.5 Å². The minimum atomic E-state index is -3.86. The number of unbranched alkanes of at least 4 members (excludes halogenated alkanes) is 1. The van der Waals surface area contributed by atoms with E-state index in [1.54, 1.807) is 30.5 Å². The van der Waals surface area contributed by atoms with Crippen LogP contribution in [0.5, 0.6) is 0 Å². The Labute approximate surface area is 262 Å². The zero-order valence-electron chi connectivity index (χ0n) is 24.4. The van der Waals surface area contributed by atoms with Crippen molar-refractivity contribution < 1.29 is 23.1 Å². The van der Waals surface area contributed by atoms with E-state index >= 15 is 0 Å². The number of nitrogens with one attached hydrogen (secondary N) is 2. The summed E-state index contributed by atoms with van der Waals surface area (Å²) in [5.41, 5.74) is 7.42. The average molecular weight is 675 g/mol. The van der Waals surface area contributed by atoms with Gasteiger partial charge in [0.2, 0.25) is 15.9 Å². The van der Waals surface area contributed by atoms with Crippen LogP contribution in [-0.4, -0.2) is 66.4 Å². The molecule has 0 saturated carbocycles. The number of nitrogens with zero attached hydrogens (tertiary/aromatic N) is 2. The van der Waals surface area contributed by atoms with Crippen LogP contribution in [0.3, 0.4) is 0 Å². The Morgan fingerprint density at radius 3 is 2.40 bits per heavy atom. The molecule has 0 aliphatic heterocycles. The Morgan fingerprint density at radius 1 is 1.05 bits per heavy atom. The number of nitrogen functional groups attached to an aromatic ring is 1. The summed E-state index contributed by atoms with van der Waals surface area (Å²) in [4.78, 5) is 30.2. The highest BCUT2D eigenvalue weighted by atomic mass is 79.9. The molecule has 3 rings (SSSR count). The molecule has 12 heteroatoms. The van der Waals surface area contributed by atoms with Gasteiger partial charge in [-0.15, -0.1) is 0 Å². The number of carbonyl (C=O) groups excluding carboxylic acids is 2. The van der Waals surface area contributed by atoms with Crippen molar-refractivity contribution in [2.75, 3.05) is 25.4 Å². The van der Waals surface area contributed by atoms with E-state index in [2.05, 4.69) is 31.5 Å². The number of benzene rings is 2. The second-order valence-electron chi connectivity index (χ2n) is 10.7. The molecule has 0 aliphatic carbocycles. The Bertz CT molecular complexity index is 1440. The lowest BCUT2D eigenvalue weighted by Crippen LogP contribution is -2.48. The number of pyridine rings is 1. The van der Waals surface area contributed by atoms with E-state index in [4.69, 9.17) is 5.73 Å². The van der Waals surface area contributed by atoms with Gasteiger partial charge in [0.15, 0.2) is 0 Å². The molecule has 3 aromatic rings. The van der Waals surface area contributed by atoms with Gasteiger partial charge in [0.25, 0.3) is 5.91 Å². The number of aliphatic hydroxyl groups is 1. The van der Waals surface area contributed by atoms with Crippen molar-refractivity contribution in [3.8, 4) is 0 Å². The quantitative estimate of drug-likeness (QED) is 0.133. The first kappa shape index (κ1) is 34.2. The van der Waals surface area contributed by atoms with Crippen LogP contribution >= 0.6 is 15.9 Å². The Balaban J connectivity index is 1.62. The van der Waals surface area contributed by atoms with Gasteiger partial charge in [-0.3, -0.25) is 14.6 Å². The molecule has 0 aliphatic rings. The lowest BCUT2D eigenvalue weighted by atomic mass is 10.0. The number of nitrogens with two attached hydrogens (primary N) is 1. The number of amides is 2. The zero-order valence-corrected chi connectivity index (χ0v) is 26.9. The highest BCUT2D eigenvalue weighted by Crippen LogP contribution is 2.23. The van der Waals surface area contributed by atoms with Gasteiger partial charge in [0.1, 0.15) is 6.04 Å². The molecule has 2 atom stereocenters. The van der Waals surface area contributed by atoms with E-state index in [1.165, 1.54) is 22.6 Å². The zero-order chi connectivity index (χ0) is 31.4. The number of hydrogen-bond donors (Lipinski definition) is 4. The summed E-state index contributed by atoms with van der Waals surface area (Å²) in [6, 6.07) is 15.4. The van der Waals surface area contributed by atoms with Gasteiger partial charge in [0, 0.05) is 48.1 Å². The van der Waals surface area contributed by atoms with Gasteiger partial charge >= 0.3 is 0 Å². The fraction of sp³-hybridized carbons (Fsp3) is 0.387. The number of halogens is 1. The largest absolute Gasteiger partial charge is 0.399 e. The van der Waals surface area contributed by atoms with Gasteiger partial charge in [-0.1, -0.05) is 54.4 Å². The normalized spacial score (nSPS) is 13.1. The van der Waals surface area contributed by atoms with Crippen LogP contribution in [0, 0.1) is 5.92 Å². The molecule has 1 heterocycles. The summed E-state index contributed by atoms with van der Waals surface area (Å²) in [7, 11) is -3.86. The summed E-state index contributed by atoms with van der Waals surface area (Å²) in [6.07, 6.45) is 4.81. The van der Waals surface area contributed by atoms with E-state index in [1.807, 2.05) is 38.1 Å². The maximum absolute atomic E-state index is 13.5. The topological polar surface area (TPSA) is 155 Å². The number of hydrogen-bond acceptors (Lipinski definition) is 7. The van der Waals surface area contributed by atoms with Crippen molar-refractivity contribution in [1.29, 1.82) is 0 Å². The molecule has 0 spiro atoms. The first-order chi connectivity index (χ1) is 20.5. The van der Waals surface area contributed by atoms with Crippen molar-refractivity contribution in [3.05, 3.63) is 88.7 Å². The van der Waals surface area contributed by atoms with Gasteiger partial charge in [-0.2, -0.15) is 4.31 Å². The molecule has 0 unspecified atom stereocenters. The molecular formula is C31H40BrN5O5S. The summed E-state index contributed by atoms with van der Waals surface area (Å²) in [5.74, 6) is -0.696. The number of anilines is 1. The number of rotatable bonds is 16. The third kappa shape index (κ3) is 10.1. The maximum Gasteiger partial charge on any atom is 0.253 e. The van der Waals surface area contributed by atoms with Crippen LogP contribution in [0.15, 0.2) is 82.4 Å². The van der Waals surface area contributed by atoms with Crippen LogP contribution in [0.4, 0.5) is 5.69 Å². The second-order valence-corrected chi connectivity index (χ2v) is 13.5. The number of aromatic nitrogens is 1. The van der Waals surface area contributed by atoms with Crippen LogP contribution in [0.1, 0.15) is 49.0 Å². The number of sulfonamides is 1. The summed E-state index contributed by atoms with van der Waals surface area (Å²) >= 11 is 3.51. The molecule has 0 saturated heterocycles. The molecule has 2 amide bonds. The average Bonchev–Trinajstić information content (AvgIpc) is 2.99. The lowest BCUT2D eigenvalue weighted by Gasteiger charge is -2.31. The Morgan fingerprint density at radius 2 is 1.77 bits per heavy atom. The van der Waals surface area contributed by atoms with Crippen molar-refractivity contribution in [1.82, 2.24) is 19.9 Å². The molecular weight excluding hydrogens is 634 g/mol. The van der Waals surface area contributed by atoms with Crippen LogP contribution in [0.25, 0.3) is 0 Å². The summed E-state index contributed by atoms with van der Waals surface area (Å²) < 4.78 is 29.1. The number of aliphatic hydroxyl groups excluding tert-OH is 1. The molecule has 0 bridgehead atoms. The molecule has 0 fully saturated rings. The first-order valence-electron chi connectivity index (χ1n) is 14.2. The highest BCUT2D eigenvalue weighted by Gasteiger charge is 2.31. The van der Waals surface area contributed by atoms with E-state index < -0.39 is 28.0 Å². The predicted octanol–water partition coefficient (Wildman–Crippen LogP) is 3.76. The molecule has 0 radical (unpaired) electrons. The van der Waals surface area contributed by atoms with E-state index in [9.17, 15) is 23.1 Å². The minimum absolute atomic E-state index is 0.0420. The smallest absolute Gasteiger partial charge is 0.253 e. The summed E-state index contributed by atoms with van der Waals surface area (Å²) in [6.45, 7) is 4.09. The first-order valence-corrected chi connectivity index (χ1v) is 16.5. The van der Waals surface area contributed by atoms with Gasteiger partial charge in [-0.05, 0) is 66.8 Å². The highest BCUT2D eigenvalue weighted by molar-refractivity contribution is 9.10. The van der Waals surface area contributed by atoms with Crippen LogP contribution in [0.2, 0.25) is 0 Å². The van der Waals surface area contributed by atoms with Crippen LogP contribution < -0.4 is 16.4 Å². The van der Waals surface area contributed by atoms with Crippen molar-refractivity contribution >= 4 is 43.5 Å². The fourth-order valence-corrected chi connectivity index (χ4v) is 6.83. The molecule has 1 aromatic heterocycles. The van der Waals surface area contributed by atoms with E-state index in [-0.39, 0.29) is 36.3 Å². The third-order valence-corrected chi connectivity index (χ3v) is 9.55. The Hall–Kier alpha value is -3.32. The lowest BCUT2D eigenvalue weighted by molar-refractivity contribution is -0.122. The van der Waals surface area contributed by atoms with E-state index in [0.29, 0.717) is 37.1 Å². The Kier molecular flexibility index (Phi) is 13.1. The fourth-order valence-electron chi connectivity index (χ4n) is 4.58. The molecule has 10 nitrogen and oxygen atoms in total. The number of carbonyl (C=O) groups is 2. The minimum Gasteiger partial charge on any atom is -0.399 e.